The van der Waals surface area contributed by atoms with Gasteiger partial charge in [-0.2, -0.15) is 0 Å². The van der Waals surface area contributed by atoms with Crippen molar-refractivity contribution in [1.82, 2.24) is 4.72 Å². The van der Waals surface area contributed by atoms with Gasteiger partial charge < -0.3 is 9.84 Å². The molecule has 2 unspecified atom stereocenters. The third-order valence-electron chi connectivity index (χ3n) is 3.52. The molecule has 0 radical (unpaired) electrons. The summed E-state index contributed by atoms with van der Waals surface area (Å²) in [4.78, 5) is 9.67. The molecule has 1 aromatic carbocycles. The highest BCUT2D eigenvalue weighted by molar-refractivity contribution is 7.89. The van der Waals surface area contributed by atoms with Crippen LogP contribution in [-0.2, 0) is 14.8 Å². The zero-order chi connectivity index (χ0) is 15.6. The SMILES string of the molecule is COC1CCCC1NS(=O)(=O)c1ccc(O)c([N+](=O)[O-])c1. The molecule has 0 amide bonds. The smallest absolute Gasteiger partial charge is 0.312 e. The van der Waals surface area contributed by atoms with Crippen LogP contribution in [0.4, 0.5) is 5.69 Å². The van der Waals surface area contributed by atoms with Crippen LogP contribution in [0.2, 0.25) is 0 Å². The van der Waals surface area contributed by atoms with Crippen molar-refractivity contribution in [3.63, 3.8) is 0 Å². The quantitative estimate of drug-likeness (QED) is 0.621. The van der Waals surface area contributed by atoms with E-state index in [-0.39, 0.29) is 17.0 Å². The van der Waals surface area contributed by atoms with Gasteiger partial charge in [-0.05, 0) is 31.4 Å². The number of hydrogen-bond acceptors (Lipinski definition) is 6. The average molecular weight is 316 g/mol. The van der Waals surface area contributed by atoms with Crippen LogP contribution in [0.15, 0.2) is 23.1 Å². The van der Waals surface area contributed by atoms with Crippen molar-refractivity contribution in [2.45, 2.75) is 36.3 Å². The van der Waals surface area contributed by atoms with Gasteiger partial charge in [0, 0.05) is 19.2 Å². The van der Waals surface area contributed by atoms with Crippen molar-refractivity contribution < 1.29 is 23.2 Å². The number of hydrogen-bond donors (Lipinski definition) is 2. The van der Waals surface area contributed by atoms with Crippen molar-refractivity contribution in [3.05, 3.63) is 28.3 Å². The molecule has 1 fully saturated rings. The van der Waals surface area contributed by atoms with Crippen LogP contribution in [-0.4, -0.2) is 37.7 Å². The van der Waals surface area contributed by atoms with Crippen LogP contribution in [0.25, 0.3) is 0 Å². The molecule has 0 bridgehead atoms. The lowest BCUT2D eigenvalue weighted by atomic mass is 10.2. The number of ether oxygens (including phenoxy) is 1. The van der Waals surface area contributed by atoms with E-state index in [0.29, 0.717) is 6.42 Å². The van der Waals surface area contributed by atoms with E-state index < -0.39 is 26.4 Å². The number of phenols is 1. The Morgan fingerprint density at radius 2 is 2.14 bits per heavy atom. The van der Waals surface area contributed by atoms with Crippen molar-refractivity contribution in [3.8, 4) is 5.75 Å². The summed E-state index contributed by atoms with van der Waals surface area (Å²) in [7, 11) is -2.39. The highest BCUT2D eigenvalue weighted by atomic mass is 32.2. The van der Waals surface area contributed by atoms with Gasteiger partial charge in [-0.25, -0.2) is 13.1 Å². The predicted molar refractivity (Wildman–Crippen MR) is 73.5 cm³/mol. The van der Waals surface area contributed by atoms with Crippen LogP contribution in [0.3, 0.4) is 0 Å². The molecule has 2 atom stereocenters. The fraction of sp³-hybridized carbons (Fsp3) is 0.500. The summed E-state index contributed by atoms with van der Waals surface area (Å²) in [5.41, 5.74) is -0.646. The molecule has 1 aliphatic carbocycles. The molecule has 116 valence electrons. The van der Waals surface area contributed by atoms with Gasteiger partial charge in [0.15, 0.2) is 5.75 Å². The molecule has 0 heterocycles. The van der Waals surface area contributed by atoms with Crippen molar-refractivity contribution in [2.75, 3.05) is 7.11 Å². The standard InChI is InChI=1S/C12H16N2O6S/c1-20-12-4-2-3-9(12)13-21(18,19)8-5-6-11(15)10(7-8)14(16)17/h5-7,9,12-13,15H,2-4H2,1H3. The van der Waals surface area contributed by atoms with Crippen LogP contribution >= 0.6 is 0 Å². The molecule has 2 rings (SSSR count). The summed E-state index contributed by atoms with van der Waals surface area (Å²) >= 11 is 0. The lowest BCUT2D eigenvalue weighted by Gasteiger charge is -2.19. The second kappa shape index (κ2) is 5.96. The van der Waals surface area contributed by atoms with E-state index in [0.717, 1.165) is 31.0 Å². The summed E-state index contributed by atoms with van der Waals surface area (Å²) in [5.74, 6) is -0.574. The van der Waals surface area contributed by atoms with Crippen LogP contribution in [0, 0.1) is 10.1 Å². The number of nitrogens with zero attached hydrogens (tertiary/aromatic N) is 1. The number of nitro benzene ring substituents is 1. The monoisotopic (exact) mass is 316 g/mol. The van der Waals surface area contributed by atoms with E-state index in [1.54, 1.807) is 0 Å². The topological polar surface area (TPSA) is 119 Å². The fourth-order valence-corrected chi connectivity index (χ4v) is 3.75. The van der Waals surface area contributed by atoms with Gasteiger partial charge >= 0.3 is 5.69 Å². The summed E-state index contributed by atoms with van der Waals surface area (Å²) in [6.07, 6.45) is 2.06. The van der Waals surface area contributed by atoms with Gasteiger partial charge in [0.25, 0.3) is 0 Å². The normalized spacial score (nSPS) is 22.3. The molecule has 1 saturated carbocycles. The molecular weight excluding hydrogens is 300 g/mol. The number of aromatic hydroxyl groups is 1. The van der Waals surface area contributed by atoms with E-state index >= 15 is 0 Å². The molecule has 1 aromatic rings. The second-order valence-corrected chi connectivity index (χ2v) is 6.55. The minimum Gasteiger partial charge on any atom is -0.502 e. The van der Waals surface area contributed by atoms with E-state index in [1.165, 1.54) is 7.11 Å². The molecule has 21 heavy (non-hydrogen) atoms. The summed E-state index contributed by atoms with van der Waals surface area (Å²) in [6, 6.07) is 2.61. The minimum absolute atomic E-state index is 0.202. The Morgan fingerprint density at radius 1 is 1.43 bits per heavy atom. The molecule has 2 N–H and O–H groups in total. The Morgan fingerprint density at radius 3 is 2.76 bits per heavy atom. The summed E-state index contributed by atoms with van der Waals surface area (Å²) < 4.78 is 32.2. The Kier molecular flexibility index (Phi) is 4.45. The zero-order valence-corrected chi connectivity index (χ0v) is 12.2. The van der Waals surface area contributed by atoms with Gasteiger partial charge in [-0.1, -0.05) is 0 Å². The molecule has 9 heteroatoms. The van der Waals surface area contributed by atoms with Crippen molar-refractivity contribution >= 4 is 15.7 Å². The third kappa shape index (κ3) is 3.31. The van der Waals surface area contributed by atoms with Gasteiger partial charge in [0.05, 0.1) is 15.9 Å². The van der Waals surface area contributed by atoms with Crippen LogP contribution in [0.1, 0.15) is 19.3 Å². The van der Waals surface area contributed by atoms with Gasteiger partial charge in [0.1, 0.15) is 0 Å². The molecule has 0 aromatic heterocycles. The predicted octanol–water partition coefficient (Wildman–Crippen LogP) is 1.15. The first-order valence-corrected chi connectivity index (χ1v) is 7.86. The number of rotatable bonds is 5. The molecule has 0 saturated heterocycles. The third-order valence-corrected chi connectivity index (χ3v) is 5.00. The average Bonchev–Trinajstić information content (AvgIpc) is 2.85. The van der Waals surface area contributed by atoms with Gasteiger partial charge in [-0.3, -0.25) is 10.1 Å². The number of sulfonamides is 1. The Hall–Kier alpha value is -1.71. The Labute approximate surface area is 121 Å². The number of nitrogens with one attached hydrogen (secondary N) is 1. The lowest BCUT2D eigenvalue weighted by molar-refractivity contribution is -0.386. The first kappa shape index (κ1) is 15.7. The second-order valence-electron chi connectivity index (χ2n) is 4.84. The number of benzene rings is 1. The maximum Gasteiger partial charge on any atom is 0.312 e. The number of phenolic OH excluding ortho intramolecular Hbond substituents is 1. The van der Waals surface area contributed by atoms with Crippen LogP contribution in [0.5, 0.6) is 5.75 Å². The molecule has 0 spiro atoms. The Bertz CT molecular complexity index is 645. The van der Waals surface area contributed by atoms with E-state index in [4.69, 9.17) is 4.74 Å². The number of nitro groups is 1. The Balaban J connectivity index is 2.27. The van der Waals surface area contributed by atoms with E-state index in [1.807, 2.05) is 0 Å². The molecular formula is C12H16N2O6S. The summed E-state index contributed by atoms with van der Waals surface area (Å²) in [6.45, 7) is 0. The zero-order valence-electron chi connectivity index (χ0n) is 11.4. The molecule has 1 aliphatic rings. The summed E-state index contributed by atoms with van der Waals surface area (Å²) in [5, 5.41) is 20.1. The van der Waals surface area contributed by atoms with Crippen molar-refractivity contribution in [1.29, 1.82) is 0 Å². The highest BCUT2D eigenvalue weighted by Gasteiger charge is 2.32. The lowest BCUT2D eigenvalue weighted by Crippen LogP contribution is -2.40. The largest absolute Gasteiger partial charge is 0.502 e. The number of methoxy groups -OCH3 is 1. The van der Waals surface area contributed by atoms with Gasteiger partial charge in [-0.15, -0.1) is 0 Å². The van der Waals surface area contributed by atoms with Crippen molar-refractivity contribution in [2.24, 2.45) is 0 Å². The van der Waals surface area contributed by atoms with E-state index in [2.05, 4.69) is 4.72 Å². The fourth-order valence-electron chi connectivity index (χ4n) is 2.43. The maximum atomic E-state index is 12.3. The highest BCUT2D eigenvalue weighted by Crippen LogP contribution is 2.29. The first-order valence-electron chi connectivity index (χ1n) is 6.37. The maximum absolute atomic E-state index is 12.3. The minimum atomic E-state index is -3.91. The molecule has 0 aliphatic heterocycles. The van der Waals surface area contributed by atoms with Gasteiger partial charge in [0.2, 0.25) is 10.0 Å². The first-order chi connectivity index (χ1) is 9.85. The molecule has 8 nitrogen and oxygen atoms in total. The van der Waals surface area contributed by atoms with E-state index in [9.17, 15) is 23.6 Å². The van der Waals surface area contributed by atoms with Crippen LogP contribution < -0.4 is 4.72 Å².